The average molecular weight is 426 g/mol. The number of H-pyrrole nitrogens is 2. The maximum atomic E-state index is 14.0. The summed E-state index contributed by atoms with van der Waals surface area (Å²) in [5, 5.41) is 13.0. The van der Waals surface area contributed by atoms with Crippen molar-refractivity contribution in [3.05, 3.63) is 65.7 Å². The maximum absolute atomic E-state index is 14.0. The van der Waals surface area contributed by atoms with Gasteiger partial charge in [-0.25, -0.2) is 9.37 Å². The Bertz CT molecular complexity index is 1420. The third kappa shape index (κ3) is 3.26. The van der Waals surface area contributed by atoms with Crippen molar-refractivity contribution in [2.24, 2.45) is 0 Å². The molecule has 0 amide bonds. The Morgan fingerprint density at radius 2 is 1.84 bits per heavy atom. The minimum absolute atomic E-state index is 0.260. The van der Waals surface area contributed by atoms with Gasteiger partial charge in [0.2, 0.25) is 0 Å². The lowest BCUT2D eigenvalue weighted by Gasteiger charge is -2.22. The summed E-state index contributed by atoms with van der Waals surface area (Å²) in [6.45, 7) is 3.97. The van der Waals surface area contributed by atoms with E-state index in [1.165, 1.54) is 17.7 Å². The monoisotopic (exact) mass is 426 g/mol. The smallest absolute Gasteiger partial charge is 0.155 e. The normalized spacial score (nSPS) is 15.1. The molecular weight excluding hydrogens is 403 g/mol. The summed E-state index contributed by atoms with van der Waals surface area (Å²) in [4.78, 5) is 12.7. The van der Waals surface area contributed by atoms with E-state index in [1.807, 2.05) is 31.3 Å². The molecule has 0 saturated carbocycles. The van der Waals surface area contributed by atoms with E-state index < -0.39 is 0 Å². The van der Waals surface area contributed by atoms with Crippen LogP contribution < -0.4 is 5.32 Å². The van der Waals surface area contributed by atoms with Crippen molar-refractivity contribution in [2.45, 2.75) is 25.7 Å². The molecule has 7 heteroatoms. The van der Waals surface area contributed by atoms with Gasteiger partial charge in [-0.2, -0.15) is 5.10 Å². The van der Waals surface area contributed by atoms with E-state index in [9.17, 15) is 4.39 Å². The first-order valence-electron chi connectivity index (χ1n) is 11.0. The number of aryl methyl sites for hydroxylation is 1. The van der Waals surface area contributed by atoms with Crippen LogP contribution in [0.3, 0.4) is 0 Å². The van der Waals surface area contributed by atoms with Gasteiger partial charge in [-0.05, 0) is 86.3 Å². The number of hydrogen-bond acceptors (Lipinski definition) is 4. The summed E-state index contributed by atoms with van der Waals surface area (Å²) >= 11 is 0. The lowest BCUT2D eigenvalue weighted by Crippen LogP contribution is -2.26. The summed E-state index contributed by atoms with van der Waals surface area (Å²) in [7, 11) is 0. The number of benzene rings is 1. The van der Waals surface area contributed by atoms with Crippen LogP contribution in [0, 0.1) is 12.7 Å². The second kappa shape index (κ2) is 7.53. The fourth-order valence-corrected chi connectivity index (χ4v) is 4.79. The van der Waals surface area contributed by atoms with E-state index in [0.717, 1.165) is 76.1 Å². The zero-order valence-electron chi connectivity index (χ0n) is 17.7. The Morgan fingerprint density at radius 3 is 2.69 bits per heavy atom. The molecule has 160 valence electrons. The van der Waals surface area contributed by atoms with E-state index in [2.05, 4.69) is 36.5 Å². The highest BCUT2D eigenvalue weighted by Gasteiger charge is 2.19. The zero-order chi connectivity index (χ0) is 21.7. The first kappa shape index (κ1) is 19.1. The van der Waals surface area contributed by atoms with Gasteiger partial charge in [-0.3, -0.25) is 10.1 Å². The molecule has 1 aliphatic rings. The number of halogens is 1. The quantitative estimate of drug-likeness (QED) is 0.376. The molecule has 4 aromatic heterocycles. The molecule has 6 rings (SSSR count). The van der Waals surface area contributed by atoms with Gasteiger partial charge in [0.25, 0.3) is 0 Å². The number of piperidine rings is 1. The van der Waals surface area contributed by atoms with Crippen molar-refractivity contribution in [3.63, 3.8) is 0 Å². The van der Waals surface area contributed by atoms with Crippen LogP contribution in [0.2, 0.25) is 0 Å². The van der Waals surface area contributed by atoms with Gasteiger partial charge in [-0.1, -0.05) is 0 Å². The van der Waals surface area contributed by atoms with Crippen LogP contribution in [0.25, 0.3) is 44.6 Å². The van der Waals surface area contributed by atoms with E-state index in [-0.39, 0.29) is 5.82 Å². The standard InChI is InChI=1S/C25H23FN6/c1-14-8-16(10-18(26)9-14)23-19-12-22(30-21(19)4-7-28-23)24-20-11-17(13-29-25(20)32-31-24)15-2-5-27-6-3-15/h4,7-13,15,27,30H,2-3,5-6H2,1H3,(H,29,31,32). The summed E-state index contributed by atoms with van der Waals surface area (Å²) in [6, 6.07) is 11.2. The Kier molecular flexibility index (Phi) is 4.50. The molecule has 0 bridgehead atoms. The second-order valence-electron chi connectivity index (χ2n) is 8.58. The van der Waals surface area contributed by atoms with Crippen LogP contribution in [0.4, 0.5) is 4.39 Å². The van der Waals surface area contributed by atoms with Crippen molar-refractivity contribution in [1.29, 1.82) is 0 Å². The lowest BCUT2D eigenvalue weighted by atomic mass is 9.91. The third-order valence-electron chi connectivity index (χ3n) is 6.37. The van der Waals surface area contributed by atoms with Crippen LogP contribution in [0.1, 0.15) is 29.9 Å². The molecule has 0 spiro atoms. The number of nitrogens with one attached hydrogen (secondary N) is 3. The number of pyridine rings is 2. The van der Waals surface area contributed by atoms with E-state index >= 15 is 0 Å². The Hall–Kier alpha value is -3.58. The Balaban J connectivity index is 1.47. The molecule has 1 aromatic carbocycles. The van der Waals surface area contributed by atoms with E-state index in [4.69, 9.17) is 0 Å². The molecule has 0 aliphatic carbocycles. The highest BCUT2D eigenvalue weighted by molar-refractivity contribution is 5.99. The molecule has 1 saturated heterocycles. The molecule has 1 fully saturated rings. The number of fused-ring (bicyclic) bond motifs is 2. The van der Waals surface area contributed by atoms with Gasteiger partial charge in [0.1, 0.15) is 11.5 Å². The van der Waals surface area contributed by atoms with Crippen LogP contribution in [-0.2, 0) is 0 Å². The molecule has 0 atom stereocenters. The first-order chi connectivity index (χ1) is 15.7. The largest absolute Gasteiger partial charge is 0.353 e. The number of nitrogens with zero attached hydrogens (tertiary/aromatic N) is 3. The summed E-state index contributed by atoms with van der Waals surface area (Å²) in [6.07, 6.45) is 5.96. The van der Waals surface area contributed by atoms with Crippen LogP contribution in [0.5, 0.6) is 0 Å². The maximum Gasteiger partial charge on any atom is 0.155 e. The van der Waals surface area contributed by atoms with Gasteiger partial charge in [-0.15, -0.1) is 0 Å². The van der Waals surface area contributed by atoms with E-state index in [0.29, 0.717) is 5.92 Å². The van der Waals surface area contributed by atoms with Crippen LogP contribution in [0.15, 0.2) is 48.8 Å². The molecule has 32 heavy (non-hydrogen) atoms. The van der Waals surface area contributed by atoms with Gasteiger partial charge >= 0.3 is 0 Å². The van der Waals surface area contributed by atoms with Gasteiger partial charge in [0.15, 0.2) is 5.65 Å². The Morgan fingerprint density at radius 1 is 0.969 bits per heavy atom. The topological polar surface area (TPSA) is 82.3 Å². The predicted molar refractivity (Wildman–Crippen MR) is 124 cm³/mol. The number of rotatable bonds is 3. The molecule has 6 nitrogen and oxygen atoms in total. The minimum atomic E-state index is -0.260. The lowest BCUT2D eigenvalue weighted by molar-refractivity contribution is 0.460. The third-order valence-corrected chi connectivity index (χ3v) is 6.37. The molecule has 0 radical (unpaired) electrons. The van der Waals surface area contributed by atoms with Crippen molar-refractivity contribution in [2.75, 3.05) is 13.1 Å². The fraction of sp³-hybridized carbons (Fsp3) is 0.240. The van der Waals surface area contributed by atoms with Gasteiger partial charge in [0.05, 0.1) is 11.4 Å². The molecule has 0 unspecified atom stereocenters. The average Bonchev–Trinajstić information content (AvgIpc) is 3.42. The van der Waals surface area contributed by atoms with Crippen LogP contribution >= 0.6 is 0 Å². The second-order valence-corrected chi connectivity index (χ2v) is 8.58. The van der Waals surface area contributed by atoms with E-state index in [1.54, 1.807) is 6.20 Å². The minimum Gasteiger partial charge on any atom is -0.353 e. The number of aromatic amines is 2. The summed E-state index contributed by atoms with van der Waals surface area (Å²) in [5.74, 6) is 0.259. The predicted octanol–water partition coefficient (Wildman–Crippen LogP) is 5.08. The molecular formula is C25H23FN6. The van der Waals surface area contributed by atoms with Gasteiger partial charge < -0.3 is 10.3 Å². The fourth-order valence-electron chi connectivity index (χ4n) is 4.79. The first-order valence-corrected chi connectivity index (χ1v) is 11.0. The van der Waals surface area contributed by atoms with Gasteiger partial charge in [0, 0.05) is 34.2 Å². The molecule has 5 heterocycles. The highest BCUT2D eigenvalue weighted by Crippen LogP contribution is 2.34. The molecule has 5 aromatic rings. The number of hydrogen-bond donors (Lipinski definition) is 3. The number of aromatic nitrogens is 5. The highest BCUT2D eigenvalue weighted by atomic mass is 19.1. The van der Waals surface area contributed by atoms with Crippen molar-refractivity contribution >= 4 is 21.9 Å². The summed E-state index contributed by atoms with van der Waals surface area (Å²) in [5.41, 5.74) is 7.07. The Labute approximate surface area is 184 Å². The molecule has 3 N–H and O–H groups in total. The molecule has 1 aliphatic heterocycles. The zero-order valence-corrected chi connectivity index (χ0v) is 17.7. The van der Waals surface area contributed by atoms with Crippen molar-refractivity contribution < 1.29 is 4.39 Å². The SMILES string of the molecule is Cc1cc(F)cc(-c2nccc3[nH]c(-c4n[nH]c5ncc(C6CCNCC6)cc45)cc23)c1. The van der Waals surface area contributed by atoms with Crippen molar-refractivity contribution in [3.8, 4) is 22.6 Å². The summed E-state index contributed by atoms with van der Waals surface area (Å²) < 4.78 is 14.0. The van der Waals surface area contributed by atoms with Crippen LogP contribution in [-0.4, -0.2) is 38.2 Å². The van der Waals surface area contributed by atoms with Crippen molar-refractivity contribution in [1.82, 2.24) is 30.5 Å².